The first kappa shape index (κ1) is 13.3. The van der Waals surface area contributed by atoms with E-state index >= 15 is 0 Å². The molecule has 0 aliphatic heterocycles. The molecular weight excluding hydrogens is 287 g/mol. The van der Waals surface area contributed by atoms with Crippen molar-refractivity contribution < 1.29 is 4.79 Å². The van der Waals surface area contributed by atoms with E-state index in [1.54, 1.807) is 24.3 Å². The Morgan fingerprint density at radius 3 is 2.61 bits per heavy atom. The Morgan fingerprint density at radius 2 is 2.00 bits per heavy atom. The van der Waals surface area contributed by atoms with Crippen molar-refractivity contribution in [2.75, 3.05) is 0 Å². The molecule has 0 aliphatic carbocycles. The smallest absolute Gasteiger partial charge is 0.195 e. The van der Waals surface area contributed by atoms with Crippen LogP contribution in [0.25, 0.3) is 6.08 Å². The Hall–Kier alpha value is -1.09. The molecule has 0 unspecified atom stereocenters. The molecule has 1 aromatic heterocycles. The number of ketones is 1. The number of rotatable bonds is 3. The summed E-state index contributed by atoms with van der Waals surface area (Å²) >= 11 is 13.3. The number of carbonyl (C=O) groups excluding carboxylic acids is 1. The average Bonchev–Trinajstić information content (AvgIpc) is 2.74. The van der Waals surface area contributed by atoms with Gasteiger partial charge in [-0.3, -0.25) is 4.79 Å². The van der Waals surface area contributed by atoms with E-state index < -0.39 is 0 Å². The average molecular weight is 297 g/mol. The highest BCUT2D eigenvalue weighted by atomic mass is 35.5. The van der Waals surface area contributed by atoms with Gasteiger partial charge in [0.1, 0.15) is 0 Å². The quantitative estimate of drug-likeness (QED) is 0.558. The Morgan fingerprint density at radius 1 is 1.22 bits per heavy atom. The molecule has 1 nitrogen and oxygen atoms in total. The number of allylic oxidation sites excluding steroid dienone is 1. The maximum atomic E-state index is 11.9. The molecule has 4 heteroatoms. The summed E-state index contributed by atoms with van der Waals surface area (Å²) in [6.07, 6.45) is 3.23. The van der Waals surface area contributed by atoms with Crippen LogP contribution in [0.2, 0.25) is 10.0 Å². The van der Waals surface area contributed by atoms with E-state index in [1.807, 2.05) is 19.1 Å². The van der Waals surface area contributed by atoms with Gasteiger partial charge in [-0.05, 0) is 48.9 Å². The standard InChI is InChI=1S/C14H10Cl2OS/c1-9-2-7-14(18-9)13(17)6-4-10-3-5-11(15)8-12(10)16/h2-8H,1H3/b6-4+. The Balaban J connectivity index is 2.18. The number of aryl methyl sites for hydroxylation is 1. The topological polar surface area (TPSA) is 17.1 Å². The second-order valence-electron chi connectivity index (χ2n) is 3.77. The van der Waals surface area contributed by atoms with Gasteiger partial charge in [0, 0.05) is 14.9 Å². The van der Waals surface area contributed by atoms with Crippen molar-refractivity contribution in [3.05, 3.63) is 61.8 Å². The second-order valence-corrected chi connectivity index (χ2v) is 5.91. The van der Waals surface area contributed by atoms with Gasteiger partial charge in [-0.1, -0.05) is 29.3 Å². The van der Waals surface area contributed by atoms with Gasteiger partial charge < -0.3 is 0 Å². The van der Waals surface area contributed by atoms with E-state index in [4.69, 9.17) is 23.2 Å². The minimum Gasteiger partial charge on any atom is -0.288 e. The van der Waals surface area contributed by atoms with E-state index in [0.29, 0.717) is 10.0 Å². The lowest BCUT2D eigenvalue weighted by molar-refractivity contribution is 0.105. The zero-order chi connectivity index (χ0) is 13.1. The molecule has 92 valence electrons. The highest BCUT2D eigenvalue weighted by molar-refractivity contribution is 7.14. The summed E-state index contributed by atoms with van der Waals surface area (Å²) in [6.45, 7) is 1.97. The van der Waals surface area contributed by atoms with Crippen LogP contribution in [0.4, 0.5) is 0 Å². The van der Waals surface area contributed by atoms with Gasteiger partial charge in [-0.25, -0.2) is 0 Å². The minimum absolute atomic E-state index is 0.0147. The SMILES string of the molecule is Cc1ccc(C(=O)/C=C/c2ccc(Cl)cc2Cl)s1. The van der Waals surface area contributed by atoms with Crippen molar-refractivity contribution in [1.82, 2.24) is 0 Å². The lowest BCUT2D eigenvalue weighted by Crippen LogP contribution is -1.88. The third-order valence-corrected chi connectivity index (χ3v) is 3.94. The number of halogens is 2. The molecule has 1 heterocycles. The van der Waals surface area contributed by atoms with Crippen LogP contribution in [0.3, 0.4) is 0 Å². The van der Waals surface area contributed by atoms with E-state index in [0.717, 1.165) is 15.3 Å². The fourth-order valence-corrected chi connectivity index (χ4v) is 2.71. The van der Waals surface area contributed by atoms with Gasteiger partial charge in [-0.2, -0.15) is 0 Å². The van der Waals surface area contributed by atoms with Crippen LogP contribution in [0, 0.1) is 6.92 Å². The van der Waals surface area contributed by atoms with Crippen LogP contribution in [0.5, 0.6) is 0 Å². The molecule has 0 N–H and O–H groups in total. The van der Waals surface area contributed by atoms with Gasteiger partial charge in [0.25, 0.3) is 0 Å². The Kier molecular flexibility index (Phi) is 4.23. The zero-order valence-electron chi connectivity index (χ0n) is 9.61. The molecule has 18 heavy (non-hydrogen) atoms. The van der Waals surface area contributed by atoms with Crippen molar-refractivity contribution in [2.24, 2.45) is 0 Å². The normalized spacial score (nSPS) is 11.1. The first-order valence-electron chi connectivity index (χ1n) is 5.30. The summed E-state index contributed by atoms with van der Waals surface area (Å²) in [5, 5.41) is 1.12. The molecule has 2 aromatic rings. The fraction of sp³-hybridized carbons (Fsp3) is 0.0714. The molecule has 0 amide bonds. The minimum atomic E-state index is -0.0147. The van der Waals surface area contributed by atoms with E-state index in [2.05, 4.69) is 0 Å². The van der Waals surface area contributed by atoms with Crippen LogP contribution in [-0.2, 0) is 0 Å². The predicted octanol–water partition coefficient (Wildman–Crippen LogP) is 5.26. The molecule has 0 spiro atoms. The summed E-state index contributed by atoms with van der Waals surface area (Å²) in [5.41, 5.74) is 0.780. The molecule has 0 fully saturated rings. The Labute approximate surface area is 120 Å². The van der Waals surface area contributed by atoms with Crippen LogP contribution >= 0.6 is 34.5 Å². The largest absolute Gasteiger partial charge is 0.288 e. The van der Waals surface area contributed by atoms with Crippen molar-refractivity contribution in [1.29, 1.82) is 0 Å². The van der Waals surface area contributed by atoms with Gasteiger partial charge in [0.05, 0.1) is 4.88 Å². The maximum absolute atomic E-state index is 11.9. The summed E-state index contributed by atoms with van der Waals surface area (Å²) in [6, 6.07) is 8.95. The van der Waals surface area contributed by atoms with E-state index in [1.165, 1.54) is 17.4 Å². The van der Waals surface area contributed by atoms with Crippen LogP contribution in [0.1, 0.15) is 20.1 Å². The molecule has 0 bridgehead atoms. The third-order valence-electron chi connectivity index (χ3n) is 2.36. The van der Waals surface area contributed by atoms with Crippen molar-refractivity contribution in [2.45, 2.75) is 6.92 Å². The first-order chi connectivity index (χ1) is 8.56. The molecule has 2 rings (SSSR count). The number of hydrogen-bond acceptors (Lipinski definition) is 2. The molecule has 1 aromatic carbocycles. The summed E-state index contributed by atoms with van der Waals surface area (Å²) in [4.78, 5) is 13.7. The number of hydrogen-bond donors (Lipinski definition) is 0. The molecular formula is C14H10Cl2OS. The lowest BCUT2D eigenvalue weighted by Gasteiger charge is -1.98. The molecule has 0 saturated heterocycles. The third kappa shape index (κ3) is 3.22. The van der Waals surface area contributed by atoms with E-state index in [9.17, 15) is 4.79 Å². The van der Waals surface area contributed by atoms with E-state index in [-0.39, 0.29) is 5.78 Å². The first-order valence-corrected chi connectivity index (χ1v) is 6.87. The van der Waals surface area contributed by atoms with Crippen LogP contribution in [-0.4, -0.2) is 5.78 Å². The van der Waals surface area contributed by atoms with Gasteiger partial charge >= 0.3 is 0 Å². The maximum Gasteiger partial charge on any atom is 0.195 e. The number of carbonyl (C=O) groups is 1. The van der Waals surface area contributed by atoms with Crippen LogP contribution < -0.4 is 0 Å². The molecule has 0 radical (unpaired) electrons. The summed E-state index contributed by atoms with van der Waals surface area (Å²) in [5.74, 6) is -0.0147. The zero-order valence-corrected chi connectivity index (χ0v) is 11.9. The highest BCUT2D eigenvalue weighted by Gasteiger charge is 2.04. The fourth-order valence-electron chi connectivity index (χ4n) is 1.45. The van der Waals surface area contributed by atoms with Crippen LogP contribution in [0.15, 0.2) is 36.4 Å². The molecule has 0 aliphatic rings. The highest BCUT2D eigenvalue weighted by Crippen LogP contribution is 2.22. The summed E-state index contributed by atoms with van der Waals surface area (Å²) < 4.78 is 0. The number of benzene rings is 1. The molecule has 0 saturated carbocycles. The van der Waals surface area contributed by atoms with Gasteiger partial charge in [0.2, 0.25) is 0 Å². The van der Waals surface area contributed by atoms with Crippen molar-refractivity contribution in [3.63, 3.8) is 0 Å². The second kappa shape index (κ2) is 5.70. The monoisotopic (exact) mass is 296 g/mol. The van der Waals surface area contributed by atoms with Gasteiger partial charge in [0.15, 0.2) is 5.78 Å². The lowest BCUT2D eigenvalue weighted by atomic mass is 10.2. The Bertz CT molecular complexity index is 614. The van der Waals surface area contributed by atoms with Crippen molar-refractivity contribution >= 4 is 46.4 Å². The molecule has 0 atom stereocenters. The van der Waals surface area contributed by atoms with Crippen molar-refractivity contribution in [3.8, 4) is 0 Å². The predicted molar refractivity (Wildman–Crippen MR) is 78.9 cm³/mol. The van der Waals surface area contributed by atoms with Gasteiger partial charge in [-0.15, -0.1) is 11.3 Å². The number of thiophene rings is 1. The summed E-state index contributed by atoms with van der Waals surface area (Å²) in [7, 11) is 0.